The zero-order valence-electron chi connectivity index (χ0n) is 10.6. The number of rotatable bonds is 2. The van der Waals surface area contributed by atoms with Crippen molar-refractivity contribution >= 4 is 11.6 Å². The fraction of sp³-hybridized carbons (Fsp3) is 0.538. The third kappa shape index (κ3) is 3.20. The highest BCUT2D eigenvalue weighted by Gasteiger charge is 2.19. The first-order valence-corrected chi connectivity index (χ1v) is 6.38. The van der Waals surface area contributed by atoms with Gasteiger partial charge >= 0.3 is 0 Å². The Labute approximate surface area is 106 Å². The van der Waals surface area contributed by atoms with E-state index in [2.05, 4.69) is 10.6 Å². The Kier molecular flexibility index (Phi) is 4.15. The largest absolute Gasteiger partial charge is 0.323 e. The summed E-state index contributed by atoms with van der Waals surface area (Å²) in [7, 11) is 1.67. The van der Waals surface area contributed by atoms with Crippen molar-refractivity contribution in [3.05, 3.63) is 28.7 Å². The van der Waals surface area contributed by atoms with E-state index in [0.29, 0.717) is 5.69 Å². The van der Waals surface area contributed by atoms with Crippen molar-refractivity contribution in [2.45, 2.75) is 31.7 Å². The molecular weight excluding hydrogens is 230 g/mol. The highest BCUT2D eigenvalue weighted by Crippen LogP contribution is 2.11. The molecule has 1 fully saturated rings. The van der Waals surface area contributed by atoms with Crippen molar-refractivity contribution < 1.29 is 4.79 Å². The number of hydrogen-bond acceptors (Lipinski definition) is 3. The van der Waals surface area contributed by atoms with Crippen molar-refractivity contribution in [1.29, 1.82) is 0 Å². The topological polar surface area (TPSA) is 63.1 Å². The van der Waals surface area contributed by atoms with Gasteiger partial charge in [-0.05, 0) is 25.5 Å². The minimum absolute atomic E-state index is 0.0180. The fourth-order valence-electron chi connectivity index (χ4n) is 2.15. The normalized spacial score (nSPS) is 20.2. The molecule has 0 radical (unpaired) electrons. The maximum Gasteiger partial charge on any atom is 0.250 e. The molecule has 1 aromatic rings. The second kappa shape index (κ2) is 5.82. The van der Waals surface area contributed by atoms with Gasteiger partial charge in [-0.25, -0.2) is 0 Å². The van der Waals surface area contributed by atoms with Gasteiger partial charge in [0.1, 0.15) is 0 Å². The molecule has 98 valence electrons. The summed E-state index contributed by atoms with van der Waals surface area (Å²) >= 11 is 0. The van der Waals surface area contributed by atoms with Crippen LogP contribution in [0.1, 0.15) is 25.7 Å². The van der Waals surface area contributed by atoms with Gasteiger partial charge in [0.15, 0.2) is 0 Å². The van der Waals surface area contributed by atoms with E-state index in [1.807, 2.05) is 0 Å². The molecule has 0 saturated carbocycles. The van der Waals surface area contributed by atoms with Gasteiger partial charge in [-0.3, -0.25) is 9.59 Å². The summed E-state index contributed by atoms with van der Waals surface area (Å²) in [4.78, 5) is 23.3. The fourth-order valence-corrected chi connectivity index (χ4v) is 2.15. The number of pyridine rings is 1. The predicted octanol–water partition coefficient (Wildman–Crippen LogP) is 0.856. The molecule has 0 aliphatic carbocycles. The average molecular weight is 249 g/mol. The third-order valence-corrected chi connectivity index (χ3v) is 3.23. The first-order chi connectivity index (χ1) is 8.66. The lowest BCUT2D eigenvalue weighted by atomic mass is 10.1. The molecule has 0 aromatic carbocycles. The van der Waals surface area contributed by atoms with Crippen LogP contribution in [0.4, 0.5) is 5.69 Å². The van der Waals surface area contributed by atoms with Gasteiger partial charge in [-0.2, -0.15) is 0 Å². The zero-order valence-corrected chi connectivity index (χ0v) is 10.6. The lowest BCUT2D eigenvalue weighted by molar-refractivity contribution is -0.118. The molecule has 0 spiro atoms. The number of hydrogen-bond donors (Lipinski definition) is 2. The SMILES string of the molecule is Cn1cc(NC(=O)C2CCCCCN2)ccc1=O. The minimum atomic E-state index is -0.121. The van der Waals surface area contributed by atoms with E-state index in [0.717, 1.165) is 25.8 Å². The molecule has 1 aliphatic heterocycles. The molecule has 5 nitrogen and oxygen atoms in total. The van der Waals surface area contributed by atoms with Crippen LogP contribution >= 0.6 is 0 Å². The van der Waals surface area contributed by atoms with E-state index in [9.17, 15) is 9.59 Å². The minimum Gasteiger partial charge on any atom is -0.323 e. The first-order valence-electron chi connectivity index (χ1n) is 6.38. The Morgan fingerprint density at radius 1 is 1.39 bits per heavy atom. The van der Waals surface area contributed by atoms with Crippen molar-refractivity contribution in [2.24, 2.45) is 7.05 Å². The van der Waals surface area contributed by atoms with Crippen molar-refractivity contribution in [2.75, 3.05) is 11.9 Å². The Balaban J connectivity index is 2.01. The first kappa shape index (κ1) is 12.8. The van der Waals surface area contributed by atoms with Crippen LogP contribution in [0.3, 0.4) is 0 Å². The van der Waals surface area contributed by atoms with Gasteiger partial charge in [-0.1, -0.05) is 12.8 Å². The molecule has 1 amide bonds. The summed E-state index contributed by atoms with van der Waals surface area (Å²) in [5.41, 5.74) is 0.578. The van der Waals surface area contributed by atoms with Crippen LogP contribution in [0, 0.1) is 0 Å². The molecule has 1 unspecified atom stereocenters. The quantitative estimate of drug-likeness (QED) is 0.817. The maximum absolute atomic E-state index is 12.1. The lowest BCUT2D eigenvalue weighted by Gasteiger charge is -2.15. The van der Waals surface area contributed by atoms with Crippen molar-refractivity contribution in [3.8, 4) is 0 Å². The second-order valence-corrected chi connectivity index (χ2v) is 4.71. The zero-order chi connectivity index (χ0) is 13.0. The molecule has 1 saturated heterocycles. The van der Waals surface area contributed by atoms with Gasteiger partial charge in [0, 0.05) is 19.3 Å². The summed E-state index contributed by atoms with van der Waals surface area (Å²) in [6, 6.07) is 2.97. The average Bonchev–Trinajstić information content (AvgIpc) is 2.62. The Morgan fingerprint density at radius 2 is 2.22 bits per heavy atom. The summed E-state index contributed by atoms with van der Waals surface area (Å²) in [6.07, 6.45) is 5.90. The van der Waals surface area contributed by atoms with Crippen molar-refractivity contribution in [3.63, 3.8) is 0 Å². The monoisotopic (exact) mass is 249 g/mol. The van der Waals surface area contributed by atoms with E-state index in [1.54, 1.807) is 19.3 Å². The summed E-state index contributed by atoms with van der Waals surface area (Å²) in [5.74, 6) is -0.0180. The highest BCUT2D eigenvalue weighted by molar-refractivity contribution is 5.94. The molecular formula is C13H19N3O2. The number of anilines is 1. The smallest absolute Gasteiger partial charge is 0.250 e. The predicted molar refractivity (Wildman–Crippen MR) is 70.6 cm³/mol. The molecule has 1 aliphatic rings. The van der Waals surface area contributed by atoms with E-state index < -0.39 is 0 Å². The summed E-state index contributed by atoms with van der Waals surface area (Å²) < 4.78 is 1.45. The van der Waals surface area contributed by atoms with E-state index in [-0.39, 0.29) is 17.5 Å². The number of carbonyl (C=O) groups is 1. The molecule has 1 atom stereocenters. The number of carbonyl (C=O) groups excluding carboxylic acids is 1. The van der Waals surface area contributed by atoms with Gasteiger partial charge in [0.05, 0.1) is 11.7 Å². The molecule has 18 heavy (non-hydrogen) atoms. The Morgan fingerprint density at radius 3 is 3.00 bits per heavy atom. The number of aryl methyl sites for hydroxylation is 1. The summed E-state index contributed by atoms with van der Waals surface area (Å²) in [5, 5.41) is 6.09. The molecule has 2 rings (SSSR count). The van der Waals surface area contributed by atoms with Crippen LogP contribution in [0.15, 0.2) is 23.1 Å². The number of nitrogens with one attached hydrogen (secondary N) is 2. The van der Waals surface area contributed by atoms with Crippen LogP contribution < -0.4 is 16.2 Å². The van der Waals surface area contributed by atoms with Crippen LogP contribution in [-0.4, -0.2) is 23.1 Å². The van der Waals surface area contributed by atoms with Crippen LogP contribution in [0.25, 0.3) is 0 Å². The van der Waals surface area contributed by atoms with E-state index in [4.69, 9.17) is 0 Å². The maximum atomic E-state index is 12.1. The molecule has 1 aromatic heterocycles. The molecule has 2 N–H and O–H groups in total. The van der Waals surface area contributed by atoms with E-state index in [1.165, 1.54) is 17.1 Å². The highest BCUT2D eigenvalue weighted by atomic mass is 16.2. The van der Waals surface area contributed by atoms with Gasteiger partial charge in [0.25, 0.3) is 0 Å². The number of aromatic nitrogens is 1. The van der Waals surface area contributed by atoms with E-state index >= 15 is 0 Å². The van der Waals surface area contributed by atoms with Gasteiger partial charge in [0.2, 0.25) is 11.5 Å². The van der Waals surface area contributed by atoms with Gasteiger partial charge in [-0.15, -0.1) is 0 Å². The standard InChI is InChI=1S/C13H19N3O2/c1-16-9-10(6-7-12(16)17)15-13(18)11-5-3-2-4-8-14-11/h6-7,9,11,14H,2-5,8H2,1H3,(H,15,18). The Hall–Kier alpha value is -1.62. The molecule has 5 heteroatoms. The van der Waals surface area contributed by atoms with Crippen molar-refractivity contribution in [1.82, 2.24) is 9.88 Å². The summed E-state index contributed by atoms with van der Waals surface area (Å²) in [6.45, 7) is 0.894. The Bertz CT molecular complexity index is 473. The van der Waals surface area contributed by atoms with Crippen LogP contribution in [0.5, 0.6) is 0 Å². The van der Waals surface area contributed by atoms with Crippen LogP contribution in [0.2, 0.25) is 0 Å². The molecule has 2 heterocycles. The number of nitrogens with zero attached hydrogens (tertiary/aromatic N) is 1. The van der Waals surface area contributed by atoms with Gasteiger partial charge < -0.3 is 15.2 Å². The second-order valence-electron chi connectivity index (χ2n) is 4.71. The third-order valence-electron chi connectivity index (χ3n) is 3.23. The lowest BCUT2D eigenvalue weighted by Crippen LogP contribution is -2.40. The van der Waals surface area contributed by atoms with Crippen LogP contribution in [-0.2, 0) is 11.8 Å². The molecule has 0 bridgehead atoms. The number of amides is 1.